The smallest absolute Gasteiger partial charge is 0.282 e. The number of anilines is 1. The monoisotopic (exact) mass is 400 g/mol. The second-order valence-corrected chi connectivity index (χ2v) is 6.59. The van der Waals surface area contributed by atoms with Crippen molar-refractivity contribution in [1.82, 2.24) is 4.90 Å². The maximum Gasteiger partial charge on any atom is 0.282 e. The Hall–Kier alpha value is -3.26. The standard InChI is InChI=1S/C21H18F2N2O4/c1-28-15-5-2-13(3-6-15)18-19(24-8-10-29-11-9-24)21(27)25(20(18)26)17-7-4-14(22)12-16(17)23/h2-7,12H,8-11H2,1H3. The molecule has 2 aliphatic rings. The zero-order chi connectivity index (χ0) is 20.5. The number of amides is 2. The molecular weight excluding hydrogens is 382 g/mol. The predicted octanol–water partition coefficient (Wildman–Crippen LogP) is 2.59. The molecule has 8 heteroatoms. The number of morpholine rings is 1. The van der Waals surface area contributed by atoms with E-state index < -0.39 is 23.4 Å². The van der Waals surface area contributed by atoms with Crippen LogP contribution in [-0.2, 0) is 14.3 Å². The summed E-state index contributed by atoms with van der Waals surface area (Å²) >= 11 is 0. The molecule has 2 amide bonds. The molecule has 1 saturated heterocycles. The predicted molar refractivity (Wildman–Crippen MR) is 101 cm³/mol. The number of hydrogen-bond acceptors (Lipinski definition) is 5. The van der Waals surface area contributed by atoms with Gasteiger partial charge in [-0.2, -0.15) is 0 Å². The number of rotatable bonds is 4. The van der Waals surface area contributed by atoms with Crippen molar-refractivity contribution in [3.63, 3.8) is 0 Å². The van der Waals surface area contributed by atoms with Crippen LogP contribution in [0.25, 0.3) is 5.57 Å². The van der Waals surface area contributed by atoms with Crippen molar-refractivity contribution in [3.05, 3.63) is 65.4 Å². The second-order valence-electron chi connectivity index (χ2n) is 6.59. The van der Waals surface area contributed by atoms with Crippen LogP contribution in [0.2, 0.25) is 0 Å². The molecular formula is C21H18F2N2O4. The Kier molecular flexibility index (Phi) is 5.02. The zero-order valence-electron chi connectivity index (χ0n) is 15.7. The van der Waals surface area contributed by atoms with E-state index in [1.807, 2.05) is 0 Å². The van der Waals surface area contributed by atoms with Gasteiger partial charge in [-0.15, -0.1) is 0 Å². The normalized spacial score (nSPS) is 17.3. The van der Waals surface area contributed by atoms with E-state index in [1.54, 1.807) is 29.2 Å². The van der Waals surface area contributed by atoms with Crippen molar-refractivity contribution in [1.29, 1.82) is 0 Å². The van der Waals surface area contributed by atoms with Crippen LogP contribution in [-0.4, -0.2) is 50.1 Å². The number of nitrogens with zero attached hydrogens (tertiary/aromatic N) is 2. The van der Waals surface area contributed by atoms with Gasteiger partial charge in [0.2, 0.25) is 0 Å². The molecule has 0 saturated carbocycles. The molecule has 2 aromatic carbocycles. The van der Waals surface area contributed by atoms with Gasteiger partial charge in [-0.25, -0.2) is 13.7 Å². The largest absolute Gasteiger partial charge is 0.497 e. The molecule has 29 heavy (non-hydrogen) atoms. The molecule has 6 nitrogen and oxygen atoms in total. The van der Waals surface area contributed by atoms with Crippen molar-refractivity contribution >= 4 is 23.1 Å². The lowest BCUT2D eigenvalue weighted by molar-refractivity contribution is -0.121. The van der Waals surface area contributed by atoms with E-state index in [9.17, 15) is 18.4 Å². The Morgan fingerprint density at radius 3 is 2.28 bits per heavy atom. The van der Waals surface area contributed by atoms with E-state index in [0.717, 1.165) is 17.0 Å². The Balaban J connectivity index is 1.82. The number of imide groups is 1. The lowest BCUT2D eigenvalue weighted by atomic mass is 10.0. The first-order valence-corrected chi connectivity index (χ1v) is 9.06. The number of hydrogen-bond donors (Lipinski definition) is 0. The Morgan fingerprint density at radius 2 is 1.66 bits per heavy atom. The molecule has 1 fully saturated rings. The summed E-state index contributed by atoms with van der Waals surface area (Å²) in [6.45, 7) is 1.67. The summed E-state index contributed by atoms with van der Waals surface area (Å²) in [5.74, 6) is -2.48. The Bertz CT molecular complexity index is 998. The summed E-state index contributed by atoms with van der Waals surface area (Å²) in [7, 11) is 1.52. The molecule has 0 bridgehead atoms. The van der Waals surface area contributed by atoms with Crippen molar-refractivity contribution in [2.75, 3.05) is 38.3 Å². The second kappa shape index (κ2) is 7.63. The van der Waals surface area contributed by atoms with Crippen molar-refractivity contribution in [2.45, 2.75) is 0 Å². The van der Waals surface area contributed by atoms with Gasteiger partial charge in [-0.3, -0.25) is 9.59 Å². The highest BCUT2D eigenvalue weighted by molar-refractivity contribution is 6.45. The molecule has 0 atom stereocenters. The third-order valence-corrected chi connectivity index (χ3v) is 4.92. The van der Waals surface area contributed by atoms with Crippen molar-refractivity contribution in [3.8, 4) is 5.75 Å². The molecule has 0 N–H and O–H groups in total. The number of carbonyl (C=O) groups is 2. The summed E-state index contributed by atoms with van der Waals surface area (Å²) in [6.07, 6.45) is 0. The molecule has 0 radical (unpaired) electrons. The van der Waals surface area contributed by atoms with E-state index in [0.29, 0.717) is 43.7 Å². The van der Waals surface area contributed by atoms with E-state index in [4.69, 9.17) is 9.47 Å². The van der Waals surface area contributed by atoms with Crippen LogP contribution in [0.15, 0.2) is 48.2 Å². The van der Waals surface area contributed by atoms with Crippen LogP contribution in [0.1, 0.15) is 5.56 Å². The maximum atomic E-state index is 14.4. The Morgan fingerprint density at radius 1 is 0.966 bits per heavy atom. The fourth-order valence-corrected chi connectivity index (χ4v) is 3.50. The zero-order valence-corrected chi connectivity index (χ0v) is 15.7. The van der Waals surface area contributed by atoms with Gasteiger partial charge in [0.25, 0.3) is 11.8 Å². The van der Waals surface area contributed by atoms with Crippen LogP contribution in [0.3, 0.4) is 0 Å². The van der Waals surface area contributed by atoms with Crippen LogP contribution < -0.4 is 9.64 Å². The SMILES string of the molecule is COc1ccc(C2=C(N3CCOCC3)C(=O)N(c3ccc(F)cc3F)C2=O)cc1. The van der Waals surface area contributed by atoms with Gasteiger partial charge in [0.15, 0.2) is 0 Å². The minimum absolute atomic E-state index is 0.170. The summed E-state index contributed by atoms with van der Waals surface area (Å²) < 4.78 is 38.2. The first-order valence-electron chi connectivity index (χ1n) is 9.06. The number of ether oxygens (including phenoxy) is 2. The molecule has 2 aliphatic heterocycles. The third-order valence-electron chi connectivity index (χ3n) is 4.92. The van der Waals surface area contributed by atoms with E-state index >= 15 is 0 Å². The first kappa shape index (κ1) is 19.1. The first-order chi connectivity index (χ1) is 14.0. The van der Waals surface area contributed by atoms with E-state index in [-0.39, 0.29) is 17.0 Å². The highest BCUT2D eigenvalue weighted by Crippen LogP contribution is 2.36. The molecule has 0 spiro atoms. The van der Waals surface area contributed by atoms with Crippen LogP contribution in [0.5, 0.6) is 5.75 Å². The Labute approximate surface area is 165 Å². The molecule has 2 heterocycles. The van der Waals surface area contributed by atoms with Gasteiger partial charge in [0.1, 0.15) is 23.1 Å². The topological polar surface area (TPSA) is 59.1 Å². The molecule has 0 aromatic heterocycles. The quantitative estimate of drug-likeness (QED) is 0.739. The maximum absolute atomic E-state index is 14.4. The van der Waals surface area contributed by atoms with Gasteiger partial charge < -0.3 is 14.4 Å². The average Bonchev–Trinajstić information content (AvgIpc) is 2.99. The highest BCUT2D eigenvalue weighted by Gasteiger charge is 2.43. The fourth-order valence-electron chi connectivity index (χ4n) is 3.50. The number of benzene rings is 2. The van der Waals surface area contributed by atoms with Crippen LogP contribution in [0.4, 0.5) is 14.5 Å². The van der Waals surface area contributed by atoms with Gasteiger partial charge >= 0.3 is 0 Å². The molecule has 0 unspecified atom stereocenters. The highest BCUT2D eigenvalue weighted by atomic mass is 19.1. The molecule has 150 valence electrons. The fraction of sp³-hybridized carbons (Fsp3) is 0.238. The summed E-state index contributed by atoms with van der Waals surface area (Å²) in [5.41, 5.74) is 0.585. The lowest BCUT2D eigenvalue weighted by Crippen LogP contribution is -2.40. The van der Waals surface area contributed by atoms with Crippen molar-refractivity contribution < 1.29 is 27.8 Å². The minimum Gasteiger partial charge on any atom is -0.497 e. The number of halogens is 2. The van der Waals surface area contributed by atoms with Gasteiger partial charge in [0, 0.05) is 19.2 Å². The number of methoxy groups -OCH3 is 1. The molecule has 4 rings (SSSR count). The summed E-state index contributed by atoms with van der Waals surface area (Å²) in [5, 5.41) is 0. The van der Waals surface area contributed by atoms with Crippen LogP contribution >= 0.6 is 0 Å². The summed E-state index contributed by atoms with van der Waals surface area (Å²) in [6, 6.07) is 9.45. The number of carbonyl (C=O) groups excluding carboxylic acids is 2. The van der Waals surface area contributed by atoms with Crippen molar-refractivity contribution in [2.24, 2.45) is 0 Å². The van der Waals surface area contributed by atoms with E-state index in [2.05, 4.69) is 0 Å². The van der Waals surface area contributed by atoms with Gasteiger partial charge in [0.05, 0.1) is 31.6 Å². The average molecular weight is 400 g/mol. The molecule has 2 aromatic rings. The van der Waals surface area contributed by atoms with Gasteiger partial charge in [-0.1, -0.05) is 12.1 Å². The molecule has 0 aliphatic carbocycles. The summed E-state index contributed by atoms with van der Waals surface area (Å²) in [4.78, 5) is 29.0. The lowest BCUT2D eigenvalue weighted by Gasteiger charge is -2.29. The third kappa shape index (κ3) is 3.36. The van der Waals surface area contributed by atoms with Gasteiger partial charge in [-0.05, 0) is 29.8 Å². The minimum atomic E-state index is -0.982. The van der Waals surface area contributed by atoms with E-state index in [1.165, 1.54) is 7.11 Å². The van der Waals surface area contributed by atoms with Crippen LogP contribution in [0, 0.1) is 11.6 Å².